The topological polar surface area (TPSA) is 34.1 Å². The molecule has 0 saturated heterocycles. The van der Waals surface area contributed by atoms with Crippen LogP contribution in [0.2, 0.25) is 5.02 Å². The van der Waals surface area contributed by atoms with Gasteiger partial charge < -0.3 is 10.1 Å². The van der Waals surface area contributed by atoms with Gasteiger partial charge in [-0.05, 0) is 47.1 Å². The summed E-state index contributed by atoms with van der Waals surface area (Å²) in [5.41, 5.74) is 1.81. The van der Waals surface area contributed by atoms with E-state index in [1.54, 1.807) is 6.20 Å². The summed E-state index contributed by atoms with van der Waals surface area (Å²) in [7, 11) is 0. The van der Waals surface area contributed by atoms with E-state index in [0.717, 1.165) is 21.6 Å². The fraction of sp³-hybridized carbons (Fsp3) is 0.214. The molecule has 1 aromatic carbocycles. The van der Waals surface area contributed by atoms with Crippen molar-refractivity contribution < 1.29 is 4.74 Å². The SMILES string of the molecule is CCOc1c(Br)cc(Cl)cc1NCc1ccccn1. The molecule has 0 saturated carbocycles. The maximum absolute atomic E-state index is 6.06. The van der Waals surface area contributed by atoms with Crippen molar-refractivity contribution in [2.75, 3.05) is 11.9 Å². The molecule has 0 amide bonds. The van der Waals surface area contributed by atoms with Crippen LogP contribution in [0.3, 0.4) is 0 Å². The average Bonchev–Trinajstić information content (AvgIpc) is 2.41. The van der Waals surface area contributed by atoms with Gasteiger partial charge in [-0.1, -0.05) is 17.7 Å². The van der Waals surface area contributed by atoms with Crippen LogP contribution in [0.1, 0.15) is 12.6 Å². The molecule has 1 heterocycles. The third kappa shape index (κ3) is 3.85. The zero-order valence-electron chi connectivity index (χ0n) is 10.5. The smallest absolute Gasteiger partial charge is 0.156 e. The first-order chi connectivity index (χ1) is 9.20. The van der Waals surface area contributed by atoms with E-state index in [9.17, 15) is 0 Å². The van der Waals surface area contributed by atoms with E-state index in [4.69, 9.17) is 16.3 Å². The summed E-state index contributed by atoms with van der Waals surface area (Å²) in [6.07, 6.45) is 1.77. The van der Waals surface area contributed by atoms with Gasteiger partial charge >= 0.3 is 0 Å². The zero-order valence-corrected chi connectivity index (χ0v) is 12.8. The highest BCUT2D eigenvalue weighted by Gasteiger charge is 2.10. The van der Waals surface area contributed by atoms with Crippen LogP contribution in [0.25, 0.3) is 0 Å². The van der Waals surface area contributed by atoms with Gasteiger partial charge in [-0.25, -0.2) is 0 Å². The Balaban J connectivity index is 2.19. The summed E-state index contributed by atoms with van der Waals surface area (Å²) in [5.74, 6) is 0.767. The predicted octanol–water partition coefficient (Wildman–Crippen LogP) is 4.51. The average molecular weight is 342 g/mol. The van der Waals surface area contributed by atoms with Crippen molar-refractivity contribution in [2.24, 2.45) is 0 Å². The van der Waals surface area contributed by atoms with E-state index in [-0.39, 0.29) is 0 Å². The van der Waals surface area contributed by atoms with Crippen LogP contribution in [-0.4, -0.2) is 11.6 Å². The van der Waals surface area contributed by atoms with Gasteiger partial charge in [0.15, 0.2) is 5.75 Å². The first kappa shape index (κ1) is 14.2. The second kappa shape index (κ2) is 6.78. The normalized spacial score (nSPS) is 10.3. The Hall–Kier alpha value is -1.26. The number of benzene rings is 1. The molecule has 0 aliphatic rings. The van der Waals surface area contributed by atoms with Crippen LogP contribution in [-0.2, 0) is 6.54 Å². The number of ether oxygens (including phenoxy) is 1. The minimum atomic E-state index is 0.596. The van der Waals surface area contributed by atoms with E-state index in [1.807, 2.05) is 37.3 Å². The van der Waals surface area contributed by atoms with E-state index in [1.165, 1.54) is 0 Å². The molecule has 3 nitrogen and oxygen atoms in total. The number of nitrogens with zero attached hydrogens (tertiary/aromatic N) is 1. The Morgan fingerprint density at radius 1 is 1.37 bits per heavy atom. The van der Waals surface area contributed by atoms with Crippen molar-refractivity contribution in [1.29, 1.82) is 0 Å². The molecule has 0 aliphatic heterocycles. The van der Waals surface area contributed by atoms with Crippen molar-refractivity contribution in [1.82, 2.24) is 4.98 Å². The van der Waals surface area contributed by atoms with Crippen LogP contribution in [0, 0.1) is 0 Å². The Labute approximate surface area is 126 Å². The molecular weight excluding hydrogens is 328 g/mol. The van der Waals surface area contributed by atoms with Gasteiger partial charge in [-0.15, -0.1) is 0 Å². The number of anilines is 1. The van der Waals surface area contributed by atoms with Crippen molar-refractivity contribution in [3.05, 3.63) is 51.7 Å². The highest BCUT2D eigenvalue weighted by Crippen LogP contribution is 2.36. The molecule has 0 atom stereocenters. The highest BCUT2D eigenvalue weighted by molar-refractivity contribution is 9.10. The summed E-state index contributed by atoms with van der Waals surface area (Å²) in [5, 5.41) is 3.95. The lowest BCUT2D eigenvalue weighted by atomic mass is 10.2. The van der Waals surface area contributed by atoms with Gasteiger partial charge in [-0.2, -0.15) is 0 Å². The molecule has 19 heavy (non-hydrogen) atoms. The molecule has 0 spiro atoms. The molecule has 0 radical (unpaired) electrons. The summed E-state index contributed by atoms with van der Waals surface area (Å²) in [6.45, 7) is 3.16. The van der Waals surface area contributed by atoms with Gasteiger partial charge in [-0.3, -0.25) is 4.98 Å². The van der Waals surface area contributed by atoms with Crippen molar-refractivity contribution in [2.45, 2.75) is 13.5 Å². The lowest BCUT2D eigenvalue weighted by Gasteiger charge is -2.14. The van der Waals surface area contributed by atoms with E-state index in [0.29, 0.717) is 18.2 Å². The van der Waals surface area contributed by atoms with Gasteiger partial charge in [0.05, 0.1) is 29.0 Å². The number of hydrogen-bond acceptors (Lipinski definition) is 3. The van der Waals surface area contributed by atoms with Gasteiger partial charge in [0.1, 0.15) is 0 Å². The largest absolute Gasteiger partial charge is 0.491 e. The maximum Gasteiger partial charge on any atom is 0.156 e. The molecule has 5 heteroatoms. The number of nitrogens with one attached hydrogen (secondary N) is 1. The molecule has 2 aromatic rings. The predicted molar refractivity (Wildman–Crippen MR) is 81.9 cm³/mol. The van der Waals surface area contributed by atoms with E-state index >= 15 is 0 Å². The first-order valence-corrected chi connectivity index (χ1v) is 7.13. The van der Waals surface area contributed by atoms with Crippen LogP contribution in [0.4, 0.5) is 5.69 Å². The fourth-order valence-corrected chi connectivity index (χ4v) is 2.60. The van der Waals surface area contributed by atoms with Crippen LogP contribution < -0.4 is 10.1 Å². The van der Waals surface area contributed by atoms with Crippen molar-refractivity contribution >= 4 is 33.2 Å². The standard InChI is InChI=1S/C14H14BrClN2O/c1-2-19-14-12(15)7-10(16)8-13(14)18-9-11-5-3-4-6-17-11/h3-8,18H,2,9H2,1H3. The number of pyridine rings is 1. The number of aromatic nitrogens is 1. The second-order valence-corrected chi connectivity index (χ2v) is 5.16. The fourth-order valence-electron chi connectivity index (χ4n) is 1.67. The molecule has 100 valence electrons. The molecule has 0 aliphatic carbocycles. The third-order valence-electron chi connectivity index (χ3n) is 2.48. The Morgan fingerprint density at radius 3 is 2.89 bits per heavy atom. The summed E-state index contributed by atoms with van der Waals surface area (Å²) in [4.78, 5) is 4.27. The Kier molecular flexibility index (Phi) is 5.05. The maximum atomic E-state index is 6.06. The molecule has 0 unspecified atom stereocenters. The highest BCUT2D eigenvalue weighted by atomic mass is 79.9. The van der Waals surface area contributed by atoms with Gasteiger partial charge in [0.2, 0.25) is 0 Å². The number of rotatable bonds is 5. The molecular formula is C14H14BrClN2O. The molecule has 1 N–H and O–H groups in total. The van der Waals surface area contributed by atoms with E-state index in [2.05, 4.69) is 26.2 Å². The van der Waals surface area contributed by atoms with Crippen LogP contribution in [0.15, 0.2) is 41.0 Å². The van der Waals surface area contributed by atoms with Gasteiger partial charge in [0, 0.05) is 11.2 Å². The third-order valence-corrected chi connectivity index (χ3v) is 3.29. The Bertz CT molecular complexity index is 549. The number of halogens is 2. The van der Waals surface area contributed by atoms with Crippen molar-refractivity contribution in [3.8, 4) is 5.75 Å². The molecule has 0 fully saturated rings. The number of hydrogen-bond donors (Lipinski definition) is 1. The van der Waals surface area contributed by atoms with Crippen LogP contribution >= 0.6 is 27.5 Å². The molecule has 2 rings (SSSR count). The lowest BCUT2D eigenvalue weighted by molar-refractivity contribution is 0.339. The second-order valence-electron chi connectivity index (χ2n) is 3.87. The zero-order chi connectivity index (χ0) is 13.7. The lowest BCUT2D eigenvalue weighted by Crippen LogP contribution is -2.04. The summed E-state index contributed by atoms with van der Waals surface area (Å²) >= 11 is 9.52. The van der Waals surface area contributed by atoms with Crippen LogP contribution in [0.5, 0.6) is 5.75 Å². The summed E-state index contributed by atoms with van der Waals surface area (Å²) < 4.78 is 6.46. The quantitative estimate of drug-likeness (QED) is 0.869. The molecule has 1 aromatic heterocycles. The van der Waals surface area contributed by atoms with Gasteiger partial charge in [0.25, 0.3) is 0 Å². The van der Waals surface area contributed by atoms with E-state index < -0.39 is 0 Å². The minimum Gasteiger partial charge on any atom is -0.491 e. The minimum absolute atomic E-state index is 0.596. The first-order valence-electron chi connectivity index (χ1n) is 5.96. The molecule has 0 bridgehead atoms. The Morgan fingerprint density at radius 2 is 2.21 bits per heavy atom. The summed E-state index contributed by atoms with van der Waals surface area (Å²) in [6, 6.07) is 9.48. The van der Waals surface area contributed by atoms with Crippen molar-refractivity contribution in [3.63, 3.8) is 0 Å². The monoisotopic (exact) mass is 340 g/mol.